The Hall–Kier alpha value is -4.99. The van der Waals surface area contributed by atoms with Crippen LogP contribution in [-0.4, -0.2) is 197 Å². The number of rotatable bonds is 58. The number of H-pyrrole nitrogens is 1. The number of nitrogens with zero attached hydrogens (tertiary/aromatic N) is 1. The zero-order valence-electron chi connectivity index (χ0n) is 47.0. The van der Waals surface area contributed by atoms with Gasteiger partial charge in [0.25, 0.3) is 0 Å². The minimum absolute atomic E-state index is 0.0566. The van der Waals surface area contributed by atoms with E-state index in [-0.39, 0.29) is 114 Å². The van der Waals surface area contributed by atoms with Crippen molar-refractivity contribution in [1.82, 2.24) is 41.9 Å². The number of aromatic amines is 1. The summed E-state index contributed by atoms with van der Waals surface area (Å²) in [6.07, 6.45) is 23.4. The zero-order valence-corrected chi connectivity index (χ0v) is 47.0. The first-order valence-corrected chi connectivity index (χ1v) is 28.6. The van der Waals surface area contributed by atoms with Gasteiger partial charge in [-0.1, -0.05) is 77.0 Å². The largest absolute Gasteiger partial charge is 0.481 e. The van der Waals surface area contributed by atoms with Crippen molar-refractivity contribution in [3.63, 3.8) is 0 Å². The highest BCUT2D eigenvalue weighted by atomic mass is 16.5. The third kappa shape index (κ3) is 45.4. The summed E-state index contributed by atoms with van der Waals surface area (Å²) in [4.78, 5) is 103. The fourth-order valence-electron chi connectivity index (χ4n) is 7.89. The summed E-state index contributed by atoms with van der Waals surface area (Å²) in [6.45, 7) is 2.36. The van der Waals surface area contributed by atoms with Crippen LogP contribution in [0.1, 0.15) is 147 Å². The van der Waals surface area contributed by atoms with E-state index in [2.05, 4.69) is 41.9 Å². The normalized spacial score (nSPS) is 12.4. The van der Waals surface area contributed by atoms with Gasteiger partial charge >= 0.3 is 5.97 Å². The Morgan fingerprint density at radius 3 is 1.44 bits per heavy atom. The highest BCUT2D eigenvalue weighted by Gasteiger charge is 2.23. The summed E-state index contributed by atoms with van der Waals surface area (Å²) in [5, 5.41) is 34.7. The number of hydrogen-bond donors (Lipinski definition) is 11. The molecule has 5 amide bonds. The second-order valence-electron chi connectivity index (χ2n) is 19.4. The van der Waals surface area contributed by atoms with Gasteiger partial charge in [-0.25, -0.2) is 4.98 Å². The van der Waals surface area contributed by atoms with Crippen LogP contribution >= 0.6 is 0 Å². The molecule has 25 heteroatoms. The molecule has 79 heavy (non-hydrogen) atoms. The first-order valence-electron chi connectivity index (χ1n) is 28.6. The Kier molecular flexibility index (Phi) is 46.7. The topological polar surface area (TPSA) is 376 Å². The van der Waals surface area contributed by atoms with Gasteiger partial charge in [-0.3, -0.25) is 43.7 Å². The number of carboxylic acids is 1. The maximum absolute atomic E-state index is 13.0. The predicted molar refractivity (Wildman–Crippen MR) is 295 cm³/mol. The van der Waals surface area contributed by atoms with Crippen LogP contribution in [0.2, 0.25) is 0 Å². The van der Waals surface area contributed by atoms with Gasteiger partial charge < -0.3 is 76.9 Å². The van der Waals surface area contributed by atoms with Crippen LogP contribution < -0.4 is 43.4 Å². The molecule has 0 aliphatic heterocycles. The summed E-state index contributed by atoms with van der Waals surface area (Å²) in [5.41, 5.74) is 12.0. The van der Waals surface area contributed by atoms with E-state index >= 15 is 0 Å². The number of primary amides is 1. The minimum atomic E-state index is -1.10. The molecule has 0 aliphatic rings. The molecule has 0 fully saturated rings. The van der Waals surface area contributed by atoms with Crippen LogP contribution in [0.5, 0.6) is 0 Å². The van der Waals surface area contributed by atoms with Crippen molar-refractivity contribution in [2.75, 3.05) is 112 Å². The van der Waals surface area contributed by atoms with E-state index in [1.165, 1.54) is 57.7 Å². The van der Waals surface area contributed by atoms with Crippen molar-refractivity contribution >= 4 is 47.1 Å². The standard InChI is InChI=1S/C54H98N10O15/c55-44(35-43-36-57-42-64-43)47(66)37-62-45(48(67)38-63-46(39-65)54(56)74)19-15-17-23-58-51(70)40-78-33-32-77-30-26-61-52(71)41-79-34-31-76-29-25-60-50(69)21-16-18-27-75-28-24-59-49(68)20-13-11-9-7-5-3-1-2-4-6-8-10-12-14-22-53(72)73/h36,42,44-46,62-63,65H,1-35,37-41,55H2,(H2,56,74)(H,57,64)(H,58,70)(H,59,68)(H,60,69)(H,61,71)(H,72,73)/t44-,45-,46-/m0/s1. The number of aliphatic hydroxyl groups is 1. The quantitative estimate of drug-likeness (QED) is 0.0406. The van der Waals surface area contributed by atoms with E-state index in [1.807, 2.05) is 0 Å². The number of ether oxygens (including phenoxy) is 5. The molecule has 0 bridgehead atoms. The SMILES string of the molecule is NC(=O)[C@H](CO)NCC(=O)[C@H](CCCCNC(=O)COCCOCCNC(=O)COCCOCCNC(=O)CCCCOCCNC(=O)CCCCCCCCCCCCCCCCC(=O)O)NCC(=O)[C@@H](N)Cc1cnc[nH]1. The monoisotopic (exact) mass is 1130 g/mol. The fourth-order valence-corrected chi connectivity index (χ4v) is 7.89. The number of hydrogen-bond acceptors (Lipinski definition) is 18. The molecular formula is C54H98N10O15. The smallest absolute Gasteiger partial charge is 0.303 e. The number of Topliss-reactive ketones (excluding diaryl/α,β-unsaturated/α-hetero) is 2. The van der Waals surface area contributed by atoms with Gasteiger partial charge in [-0.05, 0) is 44.9 Å². The Morgan fingerprint density at radius 2 is 0.949 bits per heavy atom. The summed E-state index contributed by atoms with van der Waals surface area (Å²) in [6, 6.07) is -2.69. The van der Waals surface area contributed by atoms with Crippen LogP contribution in [-0.2, 0) is 68.5 Å². The molecule has 454 valence electrons. The molecule has 3 atom stereocenters. The van der Waals surface area contributed by atoms with Crippen LogP contribution in [0.3, 0.4) is 0 Å². The van der Waals surface area contributed by atoms with Gasteiger partial charge in [0.2, 0.25) is 29.5 Å². The van der Waals surface area contributed by atoms with E-state index in [1.54, 1.807) is 6.20 Å². The van der Waals surface area contributed by atoms with Crippen molar-refractivity contribution < 1.29 is 72.3 Å². The number of carbonyl (C=O) groups is 8. The van der Waals surface area contributed by atoms with Crippen molar-refractivity contribution in [2.24, 2.45) is 11.5 Å². The zero-order chi connectivity index (χ0) is 57.8. The number of amides is 5. The molecule has 0 radical (unpaired) electrons. The number of nitrogens with one attached hydrogen (secondary N) is 7. The summed E-state index contributed by atoms with van der Waals surface area (Å²) >= 11 is 0. The lowest BCUT2D eigenvalue weighted by molar-refractivity contribution is -0.137. The van der Waals surface area contributed by atoms with Crippen molar-refractivity contribution in [1.29, 1.82) is 0 Å². The van der Waals surface area contributed by atoms with Gasteiger partial charge in [0.1, 0.15) is 19.3 Å². The first-order chi connectivity index (χ1) is 38.3. The average Bonchev–Trinajstić information content (AvgIpc) is 3.94. The molecule has 0 spiro atoms. The highest BCUT2D eigenvalue weighted by molar-refractivity contribution is 5.89. The number of carbonyl (C=O) groups excluding carboxylic acids is 7. The second kappa shape index (κ2) is 51.2. The Labute approximate surface area is 467 Å². The number of aliphatic hydroxyl groups excluding tert-OH is 1. The maximum Gasteiger partial charge on any atom is 0.303 e. The number of imidazole rings is 1. The van der Waals surface area contributed by atoms with Gasteiger partial charge in [0.05, 0.1) is 84.4 Å². The van der Waals surface area contributed by atoms with E-state index in [0.29, 0.717) is 83.7 Å². The molecule has 0 unspecified atom stereocenters. The fraction of sp³-hybridized carbons (Fsp3) is 0.796. The number of ketones is 2. The molecule has 1 heterocycles. The van der Waals surface area contributed by atoms with Crippen LogP contribution in [0, 0.1) is 0 Å². The number of aromatic nitrogens is 2. The van der Waals surface area contributed by atoms with Crippen molar-refractivity contribution in [2.45, 2.75) is 166 Å². The molecule has 0 saturated heterocycles. The maximum atomic E-state index is 13.0. The van der Waals surface area contributed by atoms with Gasteiger partial charge in [0.15, 0.2) is 11.6 Å². The molecule has 0 aromatic carbocycles. The minimum Gasteiger partial charge on any atom is -0.481 e. The highest BCUT2D eigenvalue weighted by Crippen LogP contribution is 2.14. The molecule has 0 aliphatic carbocycles. The van der Waals surface area contributed by atoms with Crippen LogP contribution in [0.25, 0.3) is 0 Å². The number of unbranched alkanes of at least 4 members (excludes halogenated alkanes) is 15. The summed E-state index contributed by atoms with van der Waals surface area (Å²) in [7, 11) is 0. The van der Waals surface area contributed by atoms with Gasteiger partial charge in [-0.2, -0.15) is 0 Å². The average molecular weight is 1130 g/mol. The van der Waals surface area contributed by atoms with E-state index < -0.39 is 36.6 Å². The summed E-state index contributed by atoms with van der Waals surface area (Å²) in [5.74, 6) is -2.83. The summed E-state index contributed by atoms with van der Waals surface area (Å²) < 4.78 is 27.2. The molecule has 13 N–H and O–H groups in total. The lowest BCUT2D eigenvalue weighted by atomic mass is 10.0. The molecule has 1 rings (SSSR count). The molecule has 1 aromatic rings. The van der Waals surface area contributed by atoms with Crippen LogP contribution in [0.15, 0.2) is 12.5 Å². The number of nitrogens with two attached hydrogens (primary N) is 2. The van der Waals surface area contributed by atoms with Crippen molar-refractivity contribution in [3.8, 4) is 0 Å². The second-order valence-corrected chi connectivity index (χ2v) is 19.4. The molecular weight excluding hydrogens is 1030 g/mol. The van der Waals surface area contributed by atoms with E-state index in [0.717, 1.165) is 44.9 Å². The Balaban J connectivity index is 1.92. The van der Waals surface area contributed by atoms with E-state index in [4.69, 9.17) is 40.3 Å². The predicted octanol–water partition coefficient (Wildman–Crippen LogP) is 1.03. The van der Waals surface area contributed by atoms with Gasteiger partial charge in [0, 0.05) is 70.4 Å². The number of aliphatic carboxylic acids is 1. The molecule has 25 nitrogen and oxygen atoms in total. The lowest BCUT2D eigenvalue weighted by Crippen LogP contribution is -2.50. The third-order valence-electron chi connectivity index (χ3n) is 12.5. The third-order valence-corrected chi connectivity index (χ3v) is 12.5. The van der Waals surface area contributed by atoms with E-state index in [9.17, 15) is 43.5 Å². The lowest BCUT2D eigenvalue weighted by Gasteiger charge is -2.20. The van der Waals surface area contributed by atoms with Gasteiger partial charge in [-0.15, -0.1) is 0 Å². The Bertz CT molecular complexity index is 1760. The Morgan fingerprint density at radius 1 is 0.506 bits per heavy atom. The van der Waals surface area contributed by atoms with Crippen LogP contribution in [0.4, 0.5) is 0 Å². The molecule has 0 saturated carbocycles. The molecule has 1 aromatic heterocycles. The first kappa shape index (κ1) is 72.0. The van der Waals surface area contributed by atoms with Crippen molar-refractivity contribution in [3.05, 3.63) is 18.2 Å². The number of carboxylic acid groups (broad SMARTS) is 1.